The Morgan fingerprint density at radius 2 is 1.80 bits per heavy atom. The lowest BCUT2D eigenvalue weighted by atomic mass is 9.83. The number of nitriles is 1. The Balaban J connectivity index is 2.03. The molecule has 20 heavy (non-hydrogen) atoms. The lowest BCUT2D eigenvalue weighted by Crippen LogP contribution is -2.53. The van der Waals surface area contributed by atoms with Crippen LogP contribution in [0.1, 0.15) is 19.4 Å². The molecule has 1 aliphatic rings. The number of hydrogen-bond acceptors (Lipinski definition) is 3. The Morgan fingerprint density at radius 3 is 2.35 bits per heavy atom. The summed E-state index contributed by atoms with van der Waals surface area (Å²) in [5, 5.41) is 8.70. The monoisotopic (exact) mass is 271 g/mol. The van der Waals surface area contributed by atoms with Crippen molar-refractivity contribution >= 4 is 5.91 Å². The Labute approximate surface area is 120 Å². The van der Waals surface area contributed by atoms with Crippen molar-refractivity contribution in [3.63, 3.8) is 0 Å². The van der Waals surface area contributed by atoms with Crippen LogP contribution in [-0.2, 0) is 10.2 Å². The van der Waals surface area contributed by atoms with Crippen molar-refractivity contribution in [1.82, 2.24) is 9.80 Å². The van der Waals surface area contributed by atoms with E-state index in [9.17, 15) is 4.79 Å². The van der Waals surface area contributed by atoms with Crippen molar-refractivity contribution in [2.24, 2.45) is 0 Å². The number of nitrogens with zero attached hydrogens (tertiary/aromatic N) is 3. The number of amides is 1. The molecule has 1 aromatic rings. The Bertz CT molecular complexity index is 496. The van der Waals surface area contributed by atoms with Gasteiger partial charge < -0.3 is 4.90 Å². The second-order valence-corrected chi connectivity index (χ2v) is 5.72. The third-order valence-electron chi connectivity index (χ3n) is 3.98. The first kappa shape index (κ1) is 14.5. The molecular formula is C16H21N3O. The summed E-state index contributed by atoms with van der Waals surface area (Å²) in [5.41, 5.74) is 0.544. The lowest BCUT2D eigenvalue weighted by molar-refractivity contribution is -0.138. The summed E-state index contributed by atoms with van der Waals surface area (Å²) in [5.74, 6) is 0.167. The molecule has 0 radical (unpaired) electrons. The summed E-state index contributed by atoms with van der Waals surface area (Å²) in [6.07, 6.45) is 0. The third kappa shape index (κ3) is 3.00. The van der Waals surface area contributed by atoms with Crippen molar-refractivity contribution in [1.29, 1.82) is 5.26 Å². The minimum atomic E-state index is -0.501. The van der Waals surface area contributed by atoms with Gasteiger partial charge in [0.15, 0.2) is 0 Å². The Hall–Kier alpha value is -1.86. The van der Waals surface area contributed by atoms with Crippen molar-refractivity contribution < 1.29 is 4.79 Å². The van der Waals surface area contributed by atoms with E-state index in [1.807, 2.05) is 49.1 Å². The number of piperazine rings is 1. The topological polar surface area (TPSA) is 47.3 Å². The summed E-state index contributed by atoms with van der Waals surface area (Å²) in [4.78, 5) is 16.7. The molecule has 0 saturated carbocycles. The van der Waals surface area contributed by atoms with E-state index in [1.165, 1.54) is 0 Å². The number of rotatable bonds is 3. The molecule has 0 atom stereocenters. The first-order valence-electron chi connectivity index (χ1n) is 7.00. The predicted octanol–water partition coefficient (Wildman–Crippen LogP) is 1.63. The zero-order valence-electron chi connectivity index (χ0n) is 12.2. The standard InChI is InChI=1S/C16H21N3O/c1-16(2,14-6-4-3-5-7-14)15(20)19-12-10-18(9-8-17)11-13-19/h3-7H,9-13H2,1-2H3. The van der Waals surface area contributed by atoms with E-state index < -0.39 is 5.41 Å². The highest BCUT2D eigenvalue weighted by molar-refractivity contribution is 5.87. The second-order valence-electron chi connectivity index (χ2n) is 5.72. The van der Waals surface area contributed by atoms with E-state index >= 15 is 0 Å². The first-order chi connectivity index (χ1) is 9.55. The van der Waals surface area contributed by atoms with Crippen LogP contribution < -0.4 is 0 Å². The van der Waals surface area contributed by atoms with E-state index in [1.54, 1.807) is 0 Å². The highest BCUT2D eigenvalue weighted by Gasteiger charge is 2.34. The average Bonchev–Trinajstić information content (AvgIpc) is 2.48. The fourth-order valence-corrected chi connectivity index (χ4v) is 2.58. The molecule has 2 rings (SSSR count). The zero-order valence-corrected chi connectivity index (χ0v) is 12.2. The van der Waals surface area contributed by atoms with E-state index in [0.29, 0.717) is 19.6 Å². The molecule has 1 amide bonds. The van der Waals surface area contributed by atoms with Gasteiger partial charge >= 0.3 is 0 Å². The van der Waals surface area contributed by atoms with Crippen LogP contribution in [0, 0.1) is 11.3 Å². The van der Waals surface area contributed by atoms with Crippen LogP contribution >= 0.6 is 0 Å². The number of carbonyl (C=O) groups excluding carboxylic acids is 1. The first-order valence-corrected chi connectivity index (χ1v) is 7.00. The number of hydrogen-bond donors (Lipinski definition) is 0. The van der Waals surface area contributed by atoms with Gasteiger partial charge in [-0.25, -0.2) is 0 Å². The maximum atomic E-state index is 12.7. The zero-order chi connectivity index (χ0) is 14.6. The van der Waals surface area contributed by atoms with Gasteiger partial charge in [0, 0.05) is 26.2 Å². The van der Waals surface area contributed by atoms with E-state index in [0.717, 1.165) is 18.7 Å². The van der Waals surface area contributed by atoms with E-state index in [4.69, 9.17) is 5.26 Å². The van der Waals surface area contributed by atoms with Crippen LogP contribution in [0.2, 0.25) is 0 Å². The lowest BCUT2D eigenvalue weighted by Gasteiger charge is -2.38. The largest absolute Gasteiger partial charge is 0.339 e. The van der Waals surface area contributed by atoms with Crippen molar-refractivity contribution in [3.8, 4) is 6.07 Å². The summed E-state index contributed by atoms with van der Waals surface area (Å²) >= 11 is 0. The molecule has 4 nitrogen and oxygen atoms in total. The smallest absolute Gasteiger partial charge is 0.232 e. The normalized spacial score (nSPS) is 16.8. The van der Waals surface area contributed by atoms with Gasteiger partial charge in [-0.3, -0.25) is 9.69 Å². The Morgan fingerprint density at radius 1 is 1.20 bits per heavy atom. The molecule has 0 aromatic heterocycles. The van der Waals surface area contributed by atoms with Crippen LogP contribution in [0.15, 0.2) is 30.3 Å². The number of benzene rings is 1. The SMILES string of the molecule is CC(C)(C(=O)N1CCN(CC#N)CC1)c1ccccc1. The maximum Gasteiger partial charge on any atom is 0.232 e. The minimum Gasteiger partial charge on any atom is -0.339 e. The quantitative estimate of drug-likeness (QED) is 0.785. The van der Waals surface area contributed by atoms with Gasteiger partial charge in [0.05, 0.1) is 18.0 Å². The summed E-state index contributed by atoms with van der Waals surface area (Å²) in [7, 11) is 0. The molecule has 0 aliphatic carbocycles. The maximum absolute atomic E-state index is 12.7. The van der Waals surface area contributed by atoms with Crippen molar-refractivity contribution in [2.75, 3.05) is 32.7 Å². The predicted molar refractivity (Wildman–Crippen MR) is 78.1 cm³/mol. The van der Waals surface area contributed by atoms with Gasteiger partial charge in [-0.15, -0.1) is 0 Å². The minimum absolute atomic E-state index is 0.167. The second kappa shape index (κ2) is 6.06. The molecule has 0 spiro atoms. The molecule has 1 fully saturated rings. The molecule has 0 unspecified atom stereocenters. The highest BCUT2D eigenvalue weighted by Crippen LogP contribution is 2.26. The molecule has 1 aliphatic heterocycles. The van der Waals surface area contributed by atoms with Gasteiger partial charge in [-0.05, 0) is 19.4 Å². The fraction of sp³-hybridized carbons (Fsp3) is 0.500. The molecule has 0 bridgehead atoms. The molecule has 1 heterocycles. The van der Waals surface area contributed by atoms with Crippen LogP contribution in [0.4, 0.5) is 0 Å². The van der Waals surface area contributed by atoms with E-state index in [2.05, 4.69) is 11.0 Å². The van der Waals surface area contributed by atoms with Crippen molar-refractivity contribution in [3.05, 3.63) is 35.9 Å². The Kier molecular flexibility index (Phi) is 4.41. The molecule has 106 valence electrons. The summed E-state index contributed by atoms with van der Waals surface area (Å²) in [6.45, 7) is 7.38. The van der Waals surface area contributed by atoms with Gasteiger partial charge in [0.2, 0.25) is 5.91 Å². The van der Waals surface area contributed by atoms with Gasteiger partial charge in [-0.1, -0.05) is 30.3 Å². The average molecular weight is 271 g/mol. The molecule has 4 heteroatoms. The van der Waals surface area contributed by atoms with Crippen LogP contribution in [-0.4, -0.2) is 48.4 Å². The third-order valence-corrected chi connectivity index (χ3v) is 3.98. The summed E-state index contributed by atoms with van der Waals surface area (Å²) < 4.78 is 0. The van der Waals surface area contributed by atoms with Crippen molar-refractivity contribution in [2.45, 2.75) is 19.3 Å². The van der Waals surface area contributed by atoms with Crippen LogP contribution in [0.3, 0.4) is 0 Å². The number of carbonyl (C=O) groups is 1. The van der Waals surface area contributed by atoms with Crippen LogP contribution in [0.5, 0.6) is 0 Å². The molecule has 1 aromatic carbocycles. The van der Waals surface area contributed by atoms with Crippen LogP contribution in [0.25, 0.3) is 0 Å². The highest BCUT2D eigenvalue weighted by atomic mass is 16.2. The fourth-order valence-electron chi connectivity index (χ4n) is 2.58. The molecule has 1 saturated heterocycles. The summed E-state index contributed by atoms with van der Waals surface area (Å²) in [6, 6.07) is 12.1. The van der Waals surface area contributed by atoms with Gasteiger partial charge in [0.1, 0.15) is 0 Å². The molecular weight excluding hydrogens is 250 g/mol. The van der Waals surface area contributed by atoms with E-state index in [-0.39, 0.29) is 5.91 Å². The van der Waals surface area contributed by atoms with Gasteiger partial charge in [-0.2, -0.15) is 5.26 Å². The van der Waals surface area contributed by atoms with Gasteiger partial charge in [0.25, 0.3) is 0 Å². The molecule has 0 N–H and O–H groups in total.